The van der Waals surface area contributed by atoms with E-state index in [2.05, 4.69) is 17.5 Å². The molecule has 1 saturated heterocycles. The van der Waals surface area contributed by atoms with Gasteiger partial charge in [-0.2, -0.15) is 0 Å². The van der Waals surface area contributed by atoms with Gasteiger partial charge in [-0.25, -0.2) is 0 Å². The number of rotatable bonds is 5. The molecule has 1 aliphatic carbocycles. The lowest BCUT2D eigenvalue weighted by Crippen LogP contribution is -2.44. The highest BCUT2D eigenvalue weighted by atomic mass is 32.1. The molecule has 0 bridgehead atoms. The number of aryl methyl sites for hydroxylation is 1. The van der Waals surface area contributed by atoms with Crippen LogP contribution in [0.2, 0.25) is 0 Å². The van der Waals surface area contributed by atoms with Gasteiger partial charge in [0.15, 0.2) is 0 Å². The van der Waals surface area contributed by atoms with E-state index in [9.17, 15) is 5.11 Å². The third-order valence-corrected chi connectivity index (χ3v) is 6.28. The summed E-state index contributed by atoms with van der Waals surface area (Å²) in [7, 11) is 0. The van der Waals surface area contributed by atoms with Crippen LogP contribution in [0.1, 0.15) is 62.7 Å². The number of thiophene rings is 1. The average Bonchev–Trinajstić information content (AvgIpc) is 3.01. The van der Waals surface area contributed by atoms with Gasteiger partial charge in [-0.1, -0.05) is 25.3 Å². The molecule has 3 heteroatoms. The highest BCUT2D eigenvalue weighted by Crippen LogP contribution is 2.42. The third kappa shape index (κ3) is 4.08. The van der Waals surface area contributed by atoms with E-state index < -0.39 is 0 Å². The van der Waals surface area contributed by atoms with E-state index in [-0.39, 0.29) is 11.7 Å². The minimum absolute atomic E-state index is 0.121. The Morgan fingerprint density at radius 3 is 2.95 bits per heavy atom. The van der Waals surface area contributed by atoms with Crippen LogP contribution in [-0.2, 0) is 11.2 Å². The Balaban J connectivity index is 1.46. The first kappa shape index (κ1) is 15.5. The Hall–Kier alpha value is -0.380. The van der Waals surface area contributed by atoms with E-state index in [1.54, 1.807) is 0 Å². The first-order valence-electron chi connectivity index (χ1n) is 8.62. The number of aliphatic hydroxyl groups excluding tert-OH is 1. The van der Waals surface area contributed by atoms with Crippen LogP contribution >= 0.6 is 11.3 Å². The number of hydrogen-bond donors (Lipinski definition) is 1. The largest absolute Gasteiger partial charge is 0.393 e. The van der Waals surface area contributed by atoms with Crippen molar-refractivity contribution in [1.82, 2.24) is 0 Å². The molecule has 2 unspecified atom stereocenters. The van der Waals surface area contributed by atoms with Crippen LogP contribution in [0.5, 0.6) is 0 Å². The van der Waals surface area contributed by atoms with Crippen molar-refractivity contribution in [3.8, 4) is 0 Å². The van der Waals surface area contributed by atoms with Gasteiger partial charge in [0.1, 0.15) is 0 Å². The Bertz CT molecular complexity index is 403. The van der Waals surface area contributed by atoms with Crippen molar-refractivity contribution in [1.29, 1.82) is 0 Å². The van der Waals surface area contributed by atoms with Gasteiger partial charge in [-0.3, -0.25) is 0 Å². The minimum atomic E-state index is -0.132. The molecule has 2 nitrogen and oxygen atoms in total. The van der Waals surface area contributed by atoms with Gasteiger partial charge in [0.05, 0.1) is 11.7 Å². The van der Waals surface area contributed by atoms with E-state index in [0.717, 1.165) is 38.7 Å². The SMILES string of the molecule is OC(CCCc1cccs1)C1CCOC2(CCCCC2)C1. The van der Waals surface area contributed by atoms with Crippen molar-refractivity contribution in [2.45, 2.75) is 75.9 Å². The topological polar surface area (TPSA) is 29.5 Å². The Morgan fingerprint density at radius 2 is 2.19 bits per heavy atom. The smallest absolute Gasteiger partial charge is 0.0686 e. The van der Waals surface area contributed by atoms with Crippen molar-refractivity contribution >= 4 is 11.3 Å². The molecule has 2 heterocycles. The fraction of sp³-hybridized carbons (Fsp3) is 0.778. The van der Waals surface area contributed by atoms with Gasteiger partial charge >= 0.3 is 0 Å². The summed E-state index contributed by atoms with van der Waals surface area (Å²) in [6.45, 7) is 0.854. The number of ether oxygens (including phenoxy) is 1. The number of hydrogen-bond acceptors (Lipinski definition) is 3. The van der Waals surface area contributed by atoms with E-state index >= 15 is 0 Å². The zero-order valence-corrected chi connectivity index (χ0v) is 13.7. The van der Waals surface area contributed by atoms with Gasteiger partial charge in [-0.15, -0.1) is 11.3 Å². The molecule has 118 valence electrons. The van der Waals surface area contributed by atoms with Crippen molar-refractivity contribution in [3.63, 3.8) is 0 Å². The summed E-state index contributed by atoms with van der Waals surface area (Å²) in [6, 6.07) is 4.31. The lowest BCUT2D eigenvalue weighted by Gasteiger charge is -2.44. The van der Waals surface area contributed by atoms with Gasteiger partial charge in [-0.05, 0) is 62.3 Å². The summed E-state index contributed by atoms with van der Waals surface area (Å²) in [5, 5.41) is 12.7. The second-order valence-corrected chi connectivity index (χ2v) is 7.92. The first-order chi connectivity index (χ1) is 10.3. The second kappa shape index (κ2) is 7.26. The zero-order chi connectivity index (χ0) is 14.5. The summed E-state index contributed by atoms with van der Waals surface area (Å²) >= 11 is 1.83. The quantitative estimate of drug-likeness (QED) is 0.864. The zero-order valence-electron chi connectivity index (χ0n) is 12.9. The van der Waals surface area contributed by atoms with E-state index in [0.29, 0.717) is 5.92 Å². The first-order valence-corrected chi connectivity index (χ1v) is 9.50. The van der Waals surface area contributed by atoms with Gasteiger partial charge in [0.2, 0.25) is 0 Å². The van der Waals surface area contributed by atoms with Crippen LogP contribution in [0.3, 0.4) is 0 Å². The molecule has 2 fully saturated rings. The standard InChI is InChI=1S/C18H28O2S/c19-17(8-4-6-16-7-5-13-21-16)15-9-12-20-18(14-15)10-2-1-3-11-18/h5,7,13,15,17,19H,1-4,6,8-12,14H2. The highest BCUT2D eigenvalue weighted by molar-refractivity contribution is 7.09. The molecule has 1 aliphatic heterocycles. The van der Waals surface area contributed by atoms with Crippen LogP contribution in [0, 0.1) is 5.92 Å². The maximum Gasteiger partial charge on any atom is 0.0686 e. The molecule has 1 aromatic heterocycles. The maximum atomic E-state index is 10.6. The van der Waals surface area contributed by atoms with Crippen molar-refractivity contribution in [2.75, 3.05) is 6.61 Å². The highest BCUT2D eigenvalue weighted by Gasteiger charge is 2.40. The van der Waals surface area contributed by atoms with Gasteiger partial charge < -0.3 is 9.84 Å². The fourth-order valence-electron chi connectivity index (χ4n) is 4.11. The molecule has 0 radical (unpaired) electrons. The molecule has 1 N–H and O–H groups in total. The molecule has 3 rings (SSSR count). The van der Waals surface area contributed by atoms with Crippen molar-refractivity contribution in [3.05, 3.63) is 22.4 Å². The van der Waals surface area contributed by atoms with Crippen LogP contribution in [0.25, 0.3) is 0 Å². The summed E-state index contributed by atoms with van der Waals surface area (Å²) in [4.78, 5) is 1.44. The minimum Gasteiger partial charge on any atom is -0.393 e. The van der Waals surface area contributed by atoms with Crippen LogP contribution in [0.4, 0.5) is 0 Å². The van der Waals surface area contributed by atoms with Crippen LogP contribution in [0.15, 0.2) is 17.5 Å². The number of aliphatic hydroxyl groups is 1. The van der Waals surface area contributed by atoms with E-state index in [1.807, 2.05) is 11.3 Å². The summed E-state index contributed by atoms with van der Waals surface area (Å²) < 4.78 is 6.14. The molecular formula is C18H28O2S. The molecule has 2 aliphatic rings. The monoisotopic (exact) mass is 308 g/mol. The predicted molar refractivity (Wildman–Crippen MR) is 87.8 cm³/mol. The molecule has 0 aromatic carbocycles. The Labute approximate surface area is 132 Å². The molecule has 1 saturated carbocycles. The van der Waals surface area contributed by atoms with E-state index in [1.165, 1.54) is 37.0 Å². The average molecular weight is 308 g/mol. The molecule has 21 heavy (non-hydrogen) atoms. The second-order valence-electron chi connectivity index (χ2n) is 6.88. The Morgan fingerprint density at radius 1 is 1.33 bits per heavy atom. The molecular weight excluding hydrogens is 280 g/mol. The molecule has 0 amide bonds. The van der Waals surface area contributed by atoms with Crippen LogP contribution in [-0.4, -0.2) is 23.4 Å². The van der Waals surface area contributed by atoms with E-state index in [4.69, 9.17) is 4.74 Å². The maximum absolute atomic E-state index is 10.6. The molecule has 1 spiro atoms. The lowest BCUT2D eigenvalue weighted by molar-refractivity contribution is -0.134. The predicted octanol–water partition coefficient (Wildman–Crippen LogP) is 4.56. The normalized spacial score (nSPS) is 26.8. The molecule has 2 atom stereocenters. The molecule has 1 aromatic rings. The fourth-order valence-corrected chi connectivity index (χ4v) is 4.87. The summed E-state index contributed by atoms with van der Waals surface area (Å²) in [6.07, 6.45) is 11.6. The van der Waals surface area contributed by atoms with Gasteiger partial charge in [0, 0.05) is 11.5 Å². The van der Waals surface area contributed by atoms with Gasteiger partial charge in [0.25, 0.3) is 0 Å². The lowest BCUT2D eigenvalue weighted by atomic mass is 9.74. The van der Waals surface area contributed by atoms with Crippen molar-refractivity contribution < 1.29 is 9.84 Å². The third-order valence-electron chi connectivity index (χ3n) is 5.34. The Kier molecular flexibility index (Phi) is 5.36. The summed E-state index contributed by atoms with van der Waals surface area (Å²) in [5.74, 6) is 0.459. The van der Waals surface area contributed by atoms with Crippen LogP contribution < -0.4 is 0 Å². The van der Waals surface area contributed by atoms with Crippen molar-refractivity contribution in [2.24, 2.45) is 5.92 Å². The summed E-state index contributed by atoms with van der Waals surface area (Å²) in [5.41, 5.74) is 0.121.